The molecular formula is C19H18N4O4. The molecule has 3 aromatic rings. The van der Waals surface area contributed by atoms with Gasteiger partial charge in [0.2, 0.25) is 0 Å². The van der Waals surface area contributed by atoms with Crippen molar-refractivity contribution in [2.45, 2.75) is 6.54 Å². The van der Waals surface area contributed by atoms with Crippen LogP contribution in [0.15, 0.2) is 27.8 Å². The molecule has 0 aliphatic rings. The fourth-order valence-corrected chi connectivity index (χ4v) is 2.71. The summed E-state index contributed by atoms with van der Waals surface area (Å²) < 4.78 is 12.8. The van der Waals surface area contributed by atoms with E-state index in [9.17, 15) is 9.59 Å². The number of imidazole rings is 1. The third-order valence-corrected chi connectivity index (χ3v) is 4.09. The van der Waals surface area contributed by atoms with Gasteiger partial charge in [-0.25, -0.2) is 14.3 Å². The van der Waals surface area contributed by atoms with E-state index >= 15 is 0 Å². The van der Waals surface area contributed by atoms with Crippen molar-refractivity contribution in [1.29, 1.82) is 0 Å². The highest BCUT2D eigenvalue weighted by Crippen LogP contribution is 2.28. The second-order valence-corrected chi connectivity index (χ2v) is 5.71. The lowest BCUT2D eigenvalue weighted by molar-refractivity contribution is 0.355. The highest BCUT2D eigenvalue weighted by Gasteiger charge is 2.14. The zero-order chi connectivity index (χ0) is 19.6. The second-order valence-electron chi connectivity index (χ2n) is 5.71. The first-order chi connectivity index (χ1) is 13.0. The number of H-pyrrole nitrogens is 1. The number of nitrogens with one attached hydrogen (secondary N) is 1. The Hall–Kier alpha value is -3.73. The third kappa shape index (κ3) is 3.22. The summed E-state index contributed by atoms with van der Waals surface area (Å²) in [6, 6.07) is 5.46. The topological polar surface area (TPSA) is 91.1 Å². The standard InChI is InChI=1S/C19H18N4O4/c1-5-10-23-18(24)16-17(22(2)19(23)25)21-15(20-16)9-7-12-6-8-13(26-3)14(11-12)27-4/h1,6-9,11H,10H2,2-4H3,(H,20,21)/b9-7+. The Morgan fingerprint density at radius 2 is 1.96 bits per heavy atom. The van der Waals surface area contributed by atoms with E-state index in [-0.39, 0.29) is 17.7 Å². The fourth-order valence-electron chi connectivity index (χ4n) is 2.71. The molecule has 0 unspecified atom stereocenters. The van der Waals surface area contributed by atoms with Crippen LogP contribution >= 0.6 is 0 Å². The molecule has 138 valence electrons. The van der Waals surface area contributed by atoms with Crippen LogP contribution in [0, 0.1) is 12.3 Å². The average Bonchev–Trinajstić information content (AvgIpc) is 3.12. The summed E-state index contributed by atoms with van der Waals surface area (Å²) in [5, 5.41) is 0. The molecule has 0 spiro atoms. The predicted molar refractivity (Wildman–Crippen MR) is 103 cm³/mol. The third-order valence-electron chi connectivity index (χ3n) is 4.09. The summed E-state index contributed by atoms with van der Waals surface area (Å²) in [6.07, 6.45) is 8.75. The van der Waals surface area contributed by atoms with Crippen LogP contribution in [0.5, 0.6) is 11.5 Å². The van der Waals surface area contributed by atoms with Crippen molar-refractivity contribution in [1.82, 2.24) is 19.1 Å². The number of aryl methyl sites for hydroxylation is 1. The van der Waals surface area contributed by atoms with Gasteiger partial charge in [-0.1, -0.05) is 18.1 Å². The van der Waals surface area contributed by atoms with Gasteiger partial charge in [0.1, 0.15) is 11.3 Å². The molecule has 8 heteroatoms. The first-order valence-corrected chi connectivity index (χ1v) is 8.03. The monoisotopic (exact) mass is 366 g/mol. The number of ether oxygens (including phenoxy) is 2. The predicted octanol–water partition coefficient (Wildman–Crippen LogP) is 1.24. The summed E-state index contributed by atoms with van der Waals surface area (Å²) in [5.74, 6) is 3.97. The van der Waals surface area contributed by atoms with Crippen molar-refractivity contribution in [2.24, 2.45) is 7.05 Å². The highest BCUT2D eigenvalue weighted by atomic mass is 16.5. The van der Waals surface area contributed by atoms with Gasteiger partial charge < -0.3 is 14.5 Å². The molecular weight excluding hydrogens is 348 g/mol. The molecule has 0 aliphatic heterocycles. The van der Waals surface area contributed by atoms with E-state index < -0.39 is 11.2 Å². The minimum atomic E-state index is -0.507. The summed E-state index contributed by atoms with van der Waals surface area (Å²) >= 11 is 0. The van der Waals surface area contributed by atoms with Gasteiger partial charge in [0.15, 0.2) is 17.1 Å². The Morgan fingerprint density at radius 1 is 1.22 bits per heavy atom. The number of terminal acetylenes is 1. The van der Waals surface area contributed by atoms with Crippen LogP contribution in [0.1, 0.15) is 11.4 Å². The van der Waals surface area contributed by atoms with Gasteiger partial charge in [-0.05, 0) is 23.8 Å². The molecule has 27 heavy (non-hydrogen) atoms. The molecule has 0 saturated heterocycles. The number of aromatic nitrogens is 4. The lowest BCUT2D eigenvalue weighted by Crippen LogP contribution is -2.38. The molecule has 8 nitrogen and oxygen atoms in total. The van der Waals surface area contributed by atoms with E-state index in [1.54, 1.807) is 39.5 Å². The maximum atomic E-state index is 12.5. The average molecular weight is 366 g/mol. The van der Waals surface area contributed by atoms with Gasteiger partial charge in [0.25, 0.3) is 5.56 Å². The van der Waals surface area contributed by atoms with E-state index in [2.05, 4.69) is 15.9 Å². The number of nitrogens with zero attached hydrogens (tertiary/aromatic N) is 3. The zero-order valence-electron chi connectivity index (χ0n) is 15.1. The van der Waals surface area contributed by atoms with Gasteiger partial charge in [-0.2, -0.15) is 0 Å². The molecule has 0 amide bonds. The first-order valence-electron chi connectivity index (χ1n) is 8.03. The van der Waals surface area contributed by atoms with Gasteiger partial charge >= 0.3 is 5.69 Å². The molecule has 2 aromatic heterocycles. The van der Waals surface area contributed by atoms with E-state index in [0.29, 0.717) is 17.3 Å². The van der Waals surface area contributed by atoms with Crippen molar-refractivity contribution in [2.75, 3.05) is 14.2 Å². The van der Waals surface area contributed by atoms with Crippen LogP contribution in [-0.4, -0.2) is 33.3 Å². The maximum Gasteiger partial charge on any atom is 0.333 e. The van der Waals surface area contributed by atoms with E-state index in [1.165, 1.54) is 4.57 Å². The Morgan fingerprint density at radius 3 is 2.63 bits per heavy atom. The lowest BCUT2D eigenvalue weighted by atomic mass is 10.2. The lowest BCUT2D eigenvalue weighted by Gasteiger charge is -2.07. The van der Waals surface area contributed by atoms with Crippen molar-refractivity contribution in [3.05, 3.63) is 50.4 Å². The minimum Gasteiger partial charge on any atom is -0.493 e. The van der Waals surface area contributed by atoms with Gasteiger partial charge in [0, 0.05) is 7.05 Å². The van der Waals surface area contributed by atoms with Crippen LogP contribution < -0.4 is 20.7 Å². The van der Waals surface area contributed by atoms with Crippen molar-refractivity contribution in [3.63, 3.8) is 0 Å². The quantitative estimate of drug-likeness (QED) is 0.686. The number of benzene rings is 1. The van der Waals surface area contributed by atoms with Gasteiger partial charge in [0.05, 0.1) is 20.8 Å². The minimum absolute atomic E-state index is 0.0999. The number of aromatic amines is 1. The first kappa shape index (κ1) is 18.1. The molecule has 0 bridgehead atoms. The summed E-state index contributed by atoms with van der Waals surface area (Å²) in [6.45, 7) is -0.0999. The number of rotatable bonds is 5. The van der Waals surface area contributed by atoms with Crippen molar-refractivity contribution >= 4 is 23.3 Å². The Balaban J connectivity index is 2.04. The van der Waals surface area contributed by atoms with Crippen LogP contribution in [-0.2, 0) is 13.6 Å². The SMILES string of the molecule is C#CCn1c(=O)c2[nH]c(/C=C/c3ccc(OC)c(OC)c3)nc2n(C)c1=O. The molecule has 0 saturated carbocycles. The summed E-state index contributed by atoms with van der Waals surface area (Å²) in [4.78, 5) is 32.0. The Bertz CT molecular complexity index is 1190. The number of methoxy groups -OCH3 is 2. The maximum absolute atomic E-state index is 12.5. The normalized spacial score (nSPS) is 11.0. The van der Waals surface area contributed by atoms with Gasteiger partial charge in [-0.3, -0.25) is 9.36 Å². The Kier molecular flexibility index (Phi) is 4.86. The summed E-state index contributed by atoms with van der Waals surface area (Å²) in [5.41, 5.74) is 0.341. The van der Waals surface area contributed by atoms with Crippen LogP contribution in [0.3, 0.4) is 0 Å². The fraction of sp³-hybridized carbons (Fsp3) is 0.211. The highest BCUT2D eigenvalue weighted by molar-refractivity contribution is 5.75. The van der Waals surface area contributed by atoms with Gasteiger partial charge in [-0.15, -0.1) is 6.42 Å². The van der Waals surface area contributed by atoms with Crippen LogP contribution in [0.25, 0.3) is 23.3 Å². The molecule has 2 heterocycles. The van der Waals surface area contributed by atoms with E-state index in [0.717, 1.165) is 10.1 Å². The molecule has 1 aromatic carbocycles. The Labute approximate surface area is 154 Å². The number of hydrogen-bond acceptors (Lipinski definition) is 5. The molecule has 1 N–H and O–H groups in total. The summed E-state index contributed by atoms with van der Waals surface area (Å²) in [7, 11) is 4.67. The molecule has 0 aliphatic carbocycles. The largest absolute Gasteiger partial charge is 0.493 e. The van der Waals surface area contributed by atoms with Crippen molar-refractivity contribution in [3.8, 4) is 23.8 Å². The van der Waals surface area contributed by atoms with Crippen LogP contribution in [0.2, 0.25) is 0 Å². The smallest absolute Gasteiger partial charge is 0.333 e. The molecule has 0 radical (unpaired) electrons. The number of hydrogen-bond donors (Lipinski definition) is 1. The van der Waals surface area contributed by atoms with E-state index in [4.69, 9.17) is 15.9 Å². The van der Waals surface area contributed by atoms with E-state index in [1.807, 2.05) is 12.1 Å². The molecule has 0 fully saturated rings. The molecule has 3 rings (SSSR count). The van der Waals surface area contributed by atoms with Crippen LogP contribution in [0.4, 0.5) is 0 Å². The second kappa shape index (κ2) is 7.25. The zero-order valence-corrected chi connectivity index (χ0v) is 15.1. The molecule has 0 atom stereocenters. The number of fused-ring (bicyclic) bond motifs is 1. The van der Waals surface area contributed by atoms with Crippen molar-refractivity contribution < 1.29 is 9.47 Å².